The van der Waals surface area contributed by atoms with Crippen molar-refractivity contribution in [1.82, 2.24) is 15.0 Å². The lowest BCUT2D eigenvalue weighted by Crippen LogP contribution is -2.38. The van der Waals surface area contributed by atoms with Crippen molar-refractivity contribution in [2.45, 2.75) is 56.9 Å². The molecule has 44 heavy (non-hydrogen) atoms. The summed E-state index contributed by atoms with van der Waals surface area (Å²) in [6, 6.07) is 11.8. The number of pyridine rings is 1. The molecule has 1 aliphatic rings. The van der Waals surface area contributed by atoms with Crippen LogP contribution in [0.3, 0.4) is 0 Å². The molecule has 2 N–H and O–H groups in total. The molecule has 0 unspecified atom stereocenters. The summed E-state index contributed by atoms with van der Waals surface area (Å²) in [7, 11) is -4.38. The van der Waals surface area contributed by atoms with E-state index in [1.54, 1.807) is 24.0 Å². The van der Waals surface area contributed by atoms with E-state index in [1.807, 2.05) is 20.8 Å². The van der Waals surface area contributed by atoms with Gasteiger partial charge in [-0.3, -0.25) is 9.52 Å². The monoisotopic (exact) mass is 643 g/mol. The molecular formula is C31H32ClF2N5O4S. The lowest BCUT2D eigenvalue weighted by atomic mass is 9.89. The number of aromatic nitrogens is 2. The molecule has 1 fully saturated rings. The number of benzene rings is 2. The number of nitrogens with one attached hydrogen (secondary N) is 2. The maximum Gasteiger partial charge on any atom is 0.282 e. The third-order valence-electron chi connectivity index (χ3n) is 7.53. The van der Waals surface area contributed by atoms with Crippen LogP contribution in [0.15, 0.2) is 64.3 Å². The first-order chi connectivity index (χ1) is 20.7. The number of sulfonamides is 1. The molecule has 3 heterocycles. The highest BCUT2D eigenvalue weighted by Gasteiger charge is 2.31. The first kappa shape index (κ1) is 31.4. The lowest BCUT2D eigenvalue weighted by Gasteiger charge is -2.33. The molecule has 232 valence electrons. The van der Waals surface area contributed by atoms with Crippen molar-refractivity contribution in [3.63, 3.8) is 0 Å². The Hall–Kier alpha value is -4.03. The van der Waals surface area contributed by atoms with Crippen LogP contribution in [-0.4, -0.2) is 42.5 Å². The van der Waals surface area contributed by atoms with E-state index >= 15 is 0 Å². The van der Waals surface area contributed by atoms with Crippen molar-refractivity contribution < 1.29 is 26.5 Å². The third kappa shape index (κ3) is 6.71. The van der Waals surface area contributed by atoms with Crippen molar-refractivity contribution in [1.29, 1.82) is 0 Å². The van der Waals surface area contributed by atoms with Crippen molar-refractivity contribution in [2.24, 2.45) is 0 Å². The van der Waals surface area contributed by atoms with E-state index in [4.69, 9.17) is 16.1 Å². The Kier molecular flexibility index (Phi) is 8.68. The number of carbonyl (C=O) groups is 1. The van der Waals surface area contributed by atoms with E-state index in [9.17, 15) is 22.0 Å². The van der Waals surface area contributed by atoms with Crippen LogP contribution < -0.4 is 10.0 Å². The van der Waals surface area contributed by atoms with Crippen molar-refractivity contribution in [3.8, 4) is 0 Å². The fourth-order valence-electron chi connectivity index (χ4n) is 5.03. The Morgan fingerprint density at radius 2 is 1.70 bits per heavy atom. The predicted octanol–water partition coefficient (Wildman–Crippen LogP) is 7.17. The second-order valence-corrected chi connectivity index (χ2v) is 13.8. The zero-order valence-corrected chi connectivity index (χ0v) is 26.2. The first-order valence-corrected chi connectivity index (χ1v) is 15.9. The highest BCUT2D eigenvalue weighted by Crippen LogP contribution is 2.37. The standard InChI is InChI=1S/C31H32ClF2N5O4S/c1-18-15-22(34)9-10-24(18)36-28-23(30(40)39-13-11-20(12-14-39)19-5-7-21(33)8-6-19)17-35-29(27(28)32)44(41,42)38-26-16-25(43-37-26)31(2,3)4/h5-10,15-17,20H,11-14H2,1-4H3,(H,35,36)(H,37,38). The molecule has 9 nitrogen and oxygen atoms in total. The van der Waals surface area contributed by atoms with E-state index < -0.39 is 32.2 Å². The van der Waals surface area contributed by atoms with Crippen LogP contribution in [0.2, 0.25) is 5.02 Å². The Morgan fingerprint density at radius 3 is 2.32 bits per heavy atom. The van der Waals surface area contributed by atoms with E-state index in [0.717, 1.165) is 5.56 Å². The normalized spacial score (nSPS) is 14.5. The number of nitrogens with zero attached hydrogens (tertiary/aromatic N) is 3. The highest BCUT2D eigenvalue weighted by atomic mass is 35.5. The minimum Gasteiger partial charge on any atom is -0.359 e. The number of anilines is 3. The molecular weight excluding hydrogens is 612 g/mol. The highest BCUT2D eigenvalue weighted by molar-refractivity contribution is 7.92. The largest absolute Gasteiger partial charge is 0.359 e. The van der Waals surface area contributed by atoms with Gasteiger partial charge in [0.15, 0.2) is 10.8 Å². The summed E-state index contributed by atoms with van der Waals surface area (Å²) in [5.41, 5.74) is 1.59. The summed E-state index contributed by atoms with van der Waals surface area (Å²) in [4.78, 5) is 19.6. The molecule has 0 bridgehead atoms. The van der Waals surface area contributed by atoms with Gasteiger partial charge < -0.3 is 14.7 Å². The first-order valence-electron chi connectivity index (χ1n) is 14.0. The molecule has 4 aromatic rings. The lowest BCUT2D eigenvalue weighted by molar-refractivity contribution is 0.0713. The fraction of sp³-hybridized carbons (Fsp3) is 0.323. The Labute approximate surface area is 259 Å². The average molecular weight is 644 g/mol. The molecule has 0 spiro atoms. The summed E-state index contributed by atoms with van der Waals surface area (Å²) in [5, 5.41) is 5.99. The number of rotatable bonds is 7. The van der Waals surface area contributed by atoms with Gasteiger partial charge in [-0.2, -0.15) is 8.42 Å². The minimum absolute atomic E-state index is 0.0120. The summed E-state index contributed by atoms with van der Waals surface area (Å²) in [6.45, 7) is 8.16. The summed E-state index contributed by atoms with van der Waals surface area (Å²) < 4.78 is 61.7. The second kappa shape index (κ2) is 12.2. The quantitative estimate of drug-likeness (QED) is 0.219. The number of carbonyl (C=O) groups excluding carboxylic acids is 1. The van der Waals surface area contributed by atoms with Gasteiger partial charge in [0.25, 0.3) is 15.9 Å². The molecule has 1 amide bonds. The second-order valence-electron chi connectivity index (χ2n) is 11.8. The van der Waals surface area contributed by atoms with Gasteiger partial charge in [-0.05, 0) is 67.1 Å². The Balaban J connectivity index is 1.46. The van der Waals surface area contributed by atoms with Gasteiger partial charge in [0.05, 0.1) is 11.3 Å². The molecule has 13 heteroatoms. The molecule has 0 atom stereocenters. The number of piperidine rings is 1. The maximum absolute atomic E-state index is 13.8. The number of halogens is 3. The summed E-state index contributed by atoms with van der Waals surface area (Å²) in [5.74, 6) is -0.590. The molecule has 0 radical (unpaired) electrons. The van der Waals surface area contributed by atoms with Crippen molar-refractivity contribution in [2.75, 3.05) is 23.1 Å². The van der Waals surface area contributed by atoms with Crippen LogP contribution in [0, 0.1) is 18.6 Å². The maximum atomic E-state index is 13.8. The number of hydrogen-bond acceptors (Lipinski definition) is 7. The van der Waals surface area contributed by atoms with Gasteiger partial charge in [0.2, 0.25) is 0 Å². The van der Waals surface area contributed by atoms with Crippen LogP contribution in [-0.2, 0) is 15.4 Å². The predicted molar refractivity (Wildman–Crippen MR) is 164 cm³/mol. The molecule has 2 aromatic heterocycles. The fourth-order valence-corrected chi connectivity index (χ4v) is 6.53. The van der Waals surface area contributed by atoms with Crippen LogP contribution in [0.25, 0.3) is 0 Å². The van der Waals surface area contributed by atoms with Gasteiger partial charge in [0, 0.05) is 36.5 Å². The molecule has 1 saturated heterocycles. The molecule has 1 aliphatic heterocycles. The van der Waals surface area contributed by atoms with Gasteiger partial charge in [-0.1, -0.05) is 49.7 Å². The Morgan fingerprint density at radius 1 is 1.05 bits per heavy atom. The van der Waals surface area contributed by atoms with Crippen LogP contribution in [0.1, 0.15) is 66.8 Å². The molecule has 5 rings (SSSR count). The molecule has 0 aliphatic carbocycles. The third-order valence-corrected chi connectivity index (χ3v) is 9.31. The summed E-state index contributed by atoms with van der Waals surface area (Å²) >= 11 is 6.71. The number of amides is 1. The SMILES string of the molecule is Cc1cc(F)ccc1Nc1c(C(=O)N2CCC(c3ccc(F)cc3)CC2)cnc(S(=O)(=O)Nc2cc(C(C)(C)C)on2)c1Cl. The van der Waals surface area contributed by atoms with E-state index in [2.05, 4.69) is 20.2 Å². The van der Waals surface area contributed by atoms with Crippen LogP contribution >= 0.6 is 11.6 Å². The van der Waals surface area contributed by atoms with Crippen molar-refractivity contribution >= 4 is 44.7 Å². The Bertz CT molecular complexity index is 1800. The van der Waals surface area contributed by atoms with E-state index in [1.165, 1.54) is 42.6 Å². The van der Waals surface area contributed by atoms with Crippen LogP contribution in [0.5, 0.6) is 0 Å². The van der Waals surface area contributed by atoms with Crippen LogP contribution in [0.4, 0.5) is 26.0 Å². The van der Waals surface area contributed by atoms with Gasteiger partial charge >= 0.3 is 0 Å². The van der Waals surface area contributed by atoms with E-state index in [-0.39, 0.29) is 33.8 Å². The van der Waals surface area contributed by atoms with Gasteiger partial charge in [0.1, 0.15) is 22.4 Å². The zero-order valence-electron chi connectivity index (χ0n) is 24.6. The smallest absolute Gasteiger partial charge is 0.282 e. The summed E-state index contributed by atoms with van der Waals surface area (Å²) in [6.07, 6.45) is 2.48. The number of hydrogen-bond donors (Lipinski definition) is 2. The molecule has 0 saturated carbocycles. The number of likely N-dealkylation sites (tertiary alicyclic amines) is 1. The zero-order chi connectivity index (χ0) is 31.8. The minimum atomic E-state index is -4.38. The average Bonchev–Trinajstić information content (AvgIpc) is 3.44. The van der Waals surface area contributed by atoms with Crippen molar-refractivity contribution in [3.05, 3.63) is 93.8 Å². The van der Waals surface area contributed by atoms with E-state index in [0.29, 0.717) is 42.9 Å². The topological polar surface area (TPSA) is 117 Å². The van der Waals surface area contributed by atoms with Gasteiger partial charge in [-0.25, -0.2) is 13.8 Å². The molecule has 2 aromatic carbocycles. The number of aryl methyl sites for hydroxylation is 1. The van der Waals surface area contributed by atoms with Gasteiger partial charge in [-0.15, -0.1) is 0 Å².